The lowest BCUT2D eigenvalue weighted by Crippen LogP contribution is -2.25. The number of hydrogen-bond donors (Lipinski definition) is 0. The van der Waals surface area contributed by atoms with Gasteiger partial charge in [0.2, 0.25) is 0 Å². The van der Waals surface area contributed by atoms with E-state index in [4.69, 9.17) is 0 Å². The van der Waals surface area contributed by atoms with Gasteiger partial charge in [0.05, 0.1) is 0 Å². The first-order chi connectivity index (χ1) is 5.58. The molecule has 0 aromatic carbocycles. The molecular formula is C11H18O. The van der Waals surface area contributed by atoms with E-state index in [2.05, 4.69) is 20.8 Å². The molecule has 0 radical (unpaired) electrons. The van der Waals surface area contributed by atoms with Crippen molar-refractivity contribution in [3.63, 3.8) is 0 Å². The third kappa shape index (κ3) is 1.77. The van der Waals surface area contributed by atoms with Crippen molar-refractivity contribution in [3.05, 3.63) is 11.6 Å². The maximum absolute atomic E-state index is 10.4. The van der Waals surface area contributed by atoms with Crippen LogP contribution in [0.1, 0.15) is 40.0 Å². The van der Waals surface area contributed by atoms with Crippen LogP contribution in [0.3, 0.4) is 0 Å². The van der Waals surface area contributed by atoms with Crippen molar-refractivity contribution in [2.24, 2.45) is 11.3 Å². The second kappa shape index (κ2) is 3.42. The highest BCUT2D eigenvalue weighted by Gasteiger charge is 2.30. The molecule has 0 saturated heterocycles. The third-order valence-corrected chi connectivity index (χ3v) is 3.00. The number of hydrogen-bond acceptors (Lipinski definition) is 1. The summed E-state index contributed by atoms with van der Waals surface area (Å²) in [5.41, 5.74) is 1.59. The average molecular weight is 166 g/mol. The largest absolute Gasteiger partial charge is 0.299 e. The first-order valence-electron chi connectivity index (χ1n) is 4.74. The second-order valence-corrected chi connectivity index (χ2v) is 4.44. The molecule has 0 N–H and O–H groups in total. The van der Waals surface area contributed by atoms with Crippen LogP contribution in [-0.4, -0.2) is 6.29 Å². The predicted molar refractivity (Wildman–Crippen MR) is 50.9 cm³/mol. The Morgan fingerprint density at radius 1 is 1.50 bits per heavy atom. The standard InChI is InChI=1S/C11H18O/c1-9-5-4-7-11(2,3)10(9)6-8-12/h6,8-9H,4-5,7H2,1-3H3/b10-6+. The minimum Gasteiger partial charge on any atom is -0.299 e. The quantitative estimate of drug-likeness (QED) is 0.432. The smallest absolute Gasteiger partial charge is 0.142 e. The van der Waals surface area contributed by atoms with Crippen LogP contribution in [-0.2, 0) is 4.79 Å². The highest BCUT2D eigenvalue weighted by Crippen LogP contribution is 2.42. The first-order valence-corrected chi connectivity index (χ1v) is 4.74. The van der Waals surface area contributed by atoms with Crippen LogP contribution in [0.2, 0.25) is 0 Å². The fourth-order valence-corrected chi connectivity index (χ4v) is 2.28. The predicted octanol–water partition coefficient (Wildman–Crippen LogP) is 2.96. The molecule has 0 spiro atoms. The summed E-state index contributed by atoms with van der Waals surface area (Å²) in [6, 6.07) is 0. The summed E-state index contributed by atoms with van der Waals surface area (Å²) in [5.74, 6) is 0.596. The summed E-state index contributed by atoms with van der Waals surface area (Å²) in [6.45, 7) is 6.69. The molecule has 1 atom stereocenters. The van der Waals surface area contributed by atoms with E-state index >= 15 is 0 Å². The van der Waals surface area contributed by atoms with Gasteiger partial charge in [-0.05, 0) is 30.3 Å². The highest BCUT2D eigenvalue weighted by atomic mass is 16.1. The molecule has 1 heteroatoms. The van der Waals surface area contributed by atoms with Crippen LogP contribution in [0.15, 0.2) is 11.6 Å². The Labute approximate surface area is 74.9 Å². The summed E-state index contributed by atoms with van der Waals surface area (Å²) >= 11 is 0. The van der Waals surface area contributed by atoms with E-state index < -0.39 is 0 Å². The zero-order valence-corrected chi connectivity index (χ0v) is 8.26. The van der Waals surface area contributed by atoms with Crippen LogP contribution < -0.4 is 0 Å². The summed E-state index contributed by atoms with van der Waals surface area (Å²) in [5, 5.41) is 0. The Bertz CT molecular complexity index is 201. The summed E-state index contributed by atoms with van der Waals surface area (Å²) < 4.78 is 0. The average Bonchev–Trinajstić information content (AvgIpc) is 1.97. The second-order valence-electron chi connectivity index (χ2n) is 4.44. The van der Waals surface area contributed by atoms with Crippen molar-refractivity contribution in [1.82, 2.24) is 0 Å². The molecule has 1 rings (SSSR count). The molecule has 0 heterocycles. The molecule has 1 aliphatic carbocycles. The molecule has 68 valence electrons. The number of allylic oxidation sites excluding steroid dienone is 2. The lowest BCUT2D eigenvalue weighted by molar-refractivity contribution is -0.104. The van der Waals surface area contributed by atoms with Crippen molar-refractivity contribution in [2.75, 3.05) is 0 Å². The minimum absolute atomic E-state index is 0.249. The maximum atomic E-state index is 10.4. The van der Waals surface area contributed by atoms with Gasteiger partial charge in [0, 0.05) is 0 Å². The van der Waals surface area contributed by atoms with Gasteiger partial charge in [-0.15, -0.1) is 0 Å². The summed E-state index contributed by atoms with van der Waals surface area (Å²) in [4.78, 5) is 10.4. The van der Waals surface area contributed by atoms with Crippen LogP contribution >= 0.6 is 0 Å². The summed E-state index contributed by atoms with van der Waals surface area (Å²) in [7, 11) is 0. The molecule has 1 unspecified atom stereocenters. The zero-order chi connectivity index (χ0) is 9.19. The van der Waals surface area contributed by atoms with E-state index in [0.29, 0.717) is 5.92 Å². The monoisotopic (exact) mass is 166 g/mol. The van der Waals surface area contributed by atoms with Crippen molar-refractivity contribution >= 4 is 6.29 Å². The molecule has 0 aromatic rings. The van der Waals surface area contributed by atoms with E-state index in [1.165, 1.54) is 24.8 Å². The molecule has 1 aliphatic rings. The van der Waals surface area contributed by atoms with E-state index in [1.807, 2.05) is 0 Å². The first kappa shape index (κ1) is 9.50. The van der Waals surface area contributed by atoms with Crippen LogP contribution in [0.4, 0.5) is 0 Å². The Hall–Kier alpha value is -0.590. The molecular weight excluding hydrogens is 148 g/mol. The molecule has 0 aliphatic heterocycles. The maximum Gasteiger partial charge on any atom is 0.142 e. The molecule has 1 nitrogen and oxygen atoms in total. The van der Waals surface area contributed by atoms with Crippen molar-refractivity contribution in [3.8, 4) is 0 Å². The SMILES string of the molecule is CC1CCCC(C)(C)/C1=C/C=O. The fraction of sp³-hybridized carbons (Fsp3) is 0.727. The van der Waals surface area contributed by atoms with Crippen molar-refractivity contribution < 1.29 is 4.79 Å². The fourth-order valence-electron chi connectivity index (χ4n) is 2.28. The van der Waals surface area contributed by atoms with E-state index in [0.717, 1.165) is 6.29 Å². The van der Waals surface area contributed by atoms with Gasteiger partial charge in [-0.1, -0.05) is 32.8 Å². The topological polar surface area (TPSA) is 17.1 Å². The third-order valence-electron chi connectivity index (χ3n) is 3.00. The van der Waals surface area contributed by atoms with Crippen LogP contribution in [0, 0.1) is 11.3 Å². The Morgan fingerprint density at radius 3 is 2.67 bits per heavy atom. The molecule has 1 saturated carbocycles. The van der Waals surface area contributed by atoms with Gasteiger partial charge >= 0.3 is 0 Å². The lowest BCUT2D eigenvalue weighted by Gasteiger charge is -2.37. The highest BCUT2D eigenvalue weighted by molar-refractivity contribution is 5.66. The Kier molecular flexibility index (Phi) is 2.71. The number of rotatable bonds is 1. The van der Waals surface area contributed by atoms with Gasteiger partial charge in [-0.25, -0.2) is 0 Å². The van der Waals surface area contributed by atoms with Gasteiger partial charge in [0.15, 0.2) is 0 Å². The minimum atomic E-state index is 0.249. The molecule has 0 aromatic heterocycles. The molecule has 1 fully saturated rings. The molecule has 0 bridgehead atoms. The van der Waals surface area contributed by atoms with E-state index in [-0.39, 0.29) is 5.41 Å². The van der Waals surface area contributed by atoms with Gasteiger partial charge in [-0.2, -0.15) is 0 Å². The normalized spacial score (nSPS) is 31.9. The zero-order valence-electron chi connectivity index (χ0n) is 8.26. The lowest BCUT2D eigenvalue weighted by atomic mass is 9.68. The van der Waals surface area contributed by atoms with E-state index in [1.54, 1.807) is 6.08 Å². The Balaban J connectivity index is 2.88. The number of carbonyl (C=O) groups is 1. The molecule has 12 heavy (non-hydrogen) atoms. The number of carbonyl (C=O) groups excluding carboxylic acids is 1. The van der Waals surface area contributed by atoms with Gasteiger partial charge < -0.3 is 0 Å². The van der Waals surface area contributed by atoms with Gasteiger partial charge in [-0.3, -0.25) is 4.79 Å². The van der Waals surface area contributed by atoms with Crippen LogP contribution in [0.5, 0.6) is 0 Å². The van der Waals surface area contributed by atoms with Crippen molar-refractivity contribution in [2.45, 2.75) is 40.0 Å². The van der Waals surface area contributed by atoms with Crippen LogP contribution in [0.25, 0.3) is 0 Å². The van der Waals surface area contributed by atoms with Gasteiger partial charge in [0.1, 0.15) is 6.29 Å². The molecule has 0 amide bonds. The Morgan fingerprint density at radius 2 is 2.17 bits per heavy atom. The number of aldehydes is 1. The summed E-state index contributed by atoms with van der Waals surface area (Å²) in [6.07, 6.45) is 6.45. The van der Waals surface area contributed by atoms with Crippen molar-refractivity contribution in [1.29, 1.82) is 0 Å². The van der Waals surface area contributed by atoms with Gasteiger partial charge in [0.25, 0.3) is 0 Å². The van der Waals surface area contributed by atoms with E-state index in [9.17, 15) is 4.79 Å².